The molecule has 5 nitrogen and oxygen atoms in total. The second-order valence-corrected chi connectivity index (χ2v) is 6.42. The average molecular weight is 290 g/mol. The number of hydrogen-bond donors (Lipinski definition) is 1. The molecule has 6 heteroatoms. The number of amides is 1. The Bertz CT molecular complexity index is 631. The van der Waals surface area contributed by atoms with Crippen molar-refractivity contribution in [3.63, 3.8) is 0 Å². The number of carbonyl (C=O) groups is 1. The van der Waals surface area contributed by atoms with E-state index in [9.17, 15) is 4.79 Å². The van der Waals surface area contributed by atoms with Gasteiger partial charge in [-0.25, -0.2) is 4.98 Å². The Kier molecular flexibility index (Phi) is 3.33. The van der Waals surface area contributed by atoms with E-state index in [0.29, 0.717) is 0 Å². The topological polar surface area (TPSA) is 61.9 Å². The Hall–Kier alpha value is -1.69. The lowest BCUT2D eigenvalue weighted by Crippen LogP contribution is -2.38. The predicted octanol–water partition coefficient (Wildman–Crippen LogP) is 2.75. The van der Waals surface area contributed by atoms with Gasteiger partial charge in [-0.1, -0.05) is 13.8 Å². The largest absolute Gasteiger partial charge is 0.329 e. The summed E-state index contributed by atoms with van der Waals surface area (Å²) in [5.41, 5.74) is 1.26. The second kappa shape index (κ2) is 5.01. The van der Waals surface area contributed by atoms with Crippen LogP contribution in [-0.4, -0.2) is 32.5 Å². The molecule has 3 rings (SSSR count). The van der Waals surface area contributed by atoms with Crippen LogP contribution >= 0.6 is 11.3 Å². The van der Waals surface area contributed by atoms with Gasteiger partial charge in [0.2, 0.25) is 5.82 Å². The third-order valence-electron chi connectivity index (χ3n) is 3.78. The maximum Gasteiger partial charge on any atom is 0.294 e. The van der Waals surface area contributed by atoms with Crippen molar-refractivity contribution in [2.75, 3.05) is 6.54 Å². The molecule has 0 saturated heterocycles. The van der Waals surface area contributed by atoms with Crippen molar-refractivity contribution >= 4 is 17.2 Å². The minimum Gasteiger partial charge on any atom is -0.329 e. The molecule has 1 unspecified atom stereocenters. The van der Waals surface area contributed by atoms with Crippen LogP contribution in [0.1, 0.15) is 59.6 Å². The van der Waals surface area contributed by atoms with Gasteiger partial charge in [0.15, 0.2) is 0 Å². The molecule has 2 aromatic heterocycles. The fraction of sp³-hybridized carbons (Fsp3) is 0.500. The van der Waals surface area contributed by atoms with E-state index in [1.54, 1.807) is 11.3 Å². The van der Waals surface area contributed by atoms with E-state index in [1.807, 2.05) is 18.7 Å². The van der Waals surface area contributed by atoms with Gasteiger partial charge in [0.25, 0.3) is 5.91 Å². The SMILES string of the molecule is CC(C)c1nc(C(=O)N2CCc3sccc3C2C)n[nH]1. The summed E-state index contributed by atoms with van der Waals surface area (Å²) in [6.07, 6.45) is 0.921. The summed E-state index contributed by atoms with van der Waals surface area (Å²) < 4.78 is 0. The summed E-state index contributed by atoms with van der Waals surface area (Å²) in [4.78, 5) is 20.1. The van der Waals surface area contributed by atoms with Crippen LogP contribution in [0.4, 0.5) is 0 Å². The van der Waals surface area contributed by atoms with Gasteiger partial charge in [0.05, 0.1) is 6.04 Å². The molecule has 3 heterocycles. The van der Waals surface area contributed by atoms with Gasteiger partial charge in [-0.05, 0) is 30.4 Å². The number of H-pyrrole nitrogens is 1. The highest BCUT2D eigenvalue weighted by Gasteiger charge is 2.30. The summed E-state index contributed by atoms with van der Waals surface area (Å²) in [6.45, 7) is 6.85. The monoisotopic (exact) mass is 290 g/mol. The Morgan fingerprint density at radius 2 is 2.35 bits per heavy atom. The van der Waals surface area contributed by atoms with Gasteiger partial charge in [-0.2, -0.15) is 0 Å². The van der Waals surface area contributed by atoms with Crippen LogP contribution in [0.15, 0.2) is 11.4 Å². The summed E-state index contributed by atoms with van der Waals surface area (Å²) in [5.74, 6) is 1.19. The van der Waals surface area contributed by atoms with Crippen LogP contribution in [0, 0.1) is 0 Å². The summed E-state index contributed by atoms with van der Waals surface area (Å²) in [7, 11) is 0. The molecule has 0 aliphatic carbocycles. The lowest BCUT2D eigenvalue weighted by molar-refractivity contribution is 0.0667. The van der Waals surface area contributed by atoms with Gasteiger partial charge in [0, 0.05) is 17.3 Å². The molecule has 20 heavy (non-hydrogen) atoms. The zero-order valence-electron chi connectivity index (χ0n) is 11.9. The van der Waals surface area contributed by atoms with Crippen LogP contribution < -0.4 is 0 Å². The van der Waals surface area contributed by atoms with Crippen molar-refractivity contribution in [2.45, 2.75) is 39.2 Å². The molecular weight excluding hydrogens is 272 g/mol. The second-order valence-electron chi connectivity index (χ2n) is 5.42. The van der Waals surface area contributed by atoms with E-state index in [4.69, 9.17) is 0 Å². The van der Waals surface area contributed by atoms with Gasteiger partial charge in [-0.15, -0.1) is 16.4 Å². The van der Waals surface area contributed by atoms with Crippen LogP contribution in [0.25, 0.3) is 0 Å². The molecular formula is C14H18N4OS. The number of aromatic nitrogens is 3. The van der Waals surface area contributed by atoms with Gasteiger partial charge in [-0.3, -0.25) is 9.89 Å². The Labute approximate surface area is 122 Å². The molecule has 1 atom stereocenters. The van der Waals surface area contributed by atoms with Crippen molar-refractivity contribution < 1.29 is 4.79 Å². The number of carbonyl (C=O) groups excluding carboxylic acids is 1. The predicted molar refractivity (Wildman–Crippen MR) is 77.9 cm³/mol. The molecule has 2 aromatic rings. The summed E-state index contributed by atoms with van der Waals surface area (Å²) in [6, 6.07) is 2.21. The summed E-state index contributed by atoms with van der Waals surface area (Å²) in [5, 5.41) is 9.01. The zero-order valence-corrected chi connectivity index (χ0v) is 12.7. The molecule has 1 aliphatic rings. The first-order chi connectivity index (χ1) is 9.58. The quantitative estimate of drug-likeness (QED) is 0.925. The Morgan fingerprint density at radius 1 is 1.55 bits per heavy atom. The number of hydrogen-bond acceptors (Lipinski definition) is 4. The van der Waals surface area contributed by atoms with E-state index in [-0.39, 0.29) is 23.7 Å². The molecule has 0 radical (unpaired) electrons. The lowest BCUT2D eigenvalue weighted by Gasteiger charge is -2.32. The number of thiophene rings is 1. The fourth-order valence-electron chi connectivity index (χ4n) is 2.54. The highest BCUT2D eigenvalue weighted by molar-refractivity contribution is 7.10. The van der Waals surface area contributed by atoms with Gasteiger partial charge in [0.1, 0.15) is 5.82 Å². The molecule has 0 aromatic carbocycles. The van der Waals surface area contributed by atoms with Crippen LogP contribution in [-0.2, 0) is 6.42 Å². The van der Waals surface area contributed by atoms with Crippen LogP contribution in [0.3, 0.4) is 0 Å². The number of nitrogens with one attached hydrogen (secondary N) is 1. The molecule has 0 fully saturated rings. The van der Waals surface area contributed by atoms with Gasteiger partial charge < -0.3 is 4.90 Å². The number of aromatic amines is 1. The Balaban J connectivity index is 1.84. The minimum absolute atomic E-state index is 0.0856. The summed E-state index contributed by atoms with van der Waals surface area (Å²) >= 11 is 1.77. The zero-order chi connectivity index (χ0) is 14.3. The standard InChI is InChI=1S/C14H18N4OS/c1-8(2)12-15-13(17-16-12)14(19)18-6-4-11-10(9(18)3)5-7-20-11/h5,7-9H,4,6H2,1-3H3,(H,15,16,17). The first kappa shape index (κ1) is 13.3. The normalized spacial score (nSPS) is 18.4. The highest BCUT2D eigenvalue weighted by Crippen LogP contribution is 2.33. The molecule has 0 bridgehead atoms. The van der Waals surface area contributed by atoms with Crippen LogP contribution in [0.5, 0.6) is 0 Å². The van der Waals surface area contributed by atoms with Crippen molar-refractivity contribution in [3.8, 4) is 0 Å². The maximum atomic E-state index is 12.6. The van der Waals surface area contributed by atoms with E-state index >= 15 is 0 Å². The lowest BCUT2D eigenvalue weighted by atomic mass is 10.0. The van der Waals surface area contributed by atoms with Crippen molar-refractivity contribution in [3.05, 3.63) is 33.5 Å². The van der Waals surface area contributed by atoms with E-state index < -0.39 is 0 Å². The molecule has 1 N–H and O–H groups in total. The van der Waals surface area contributed by atoms with Crippen LogP contribution in [0.2, 0.25) is 0 Å². The molecule has 1 amide bonds. The Morgan fingerprint density at radius 3 is 3.05 bits per heavy atom. The van der Waals surface area contributed by atoms with Gasteiger partial charge >= 0.3 is 0 Å². The van der Waals surface area contributed by atoms with Crippen molar-refractivity contribution in [2.24, 2.45) is 0 Å². The first-order valence-corrected chi connectivity index (χ1v) is 7.75. The first-order valence-electron chi connectivity index (χ1n) is 6.87. The van der Waals surface area contributed by atoms with E-state index in [1.165, 1.54) is 10.4 Å². The van der Waals surface area contributed by atoms with E-state index in [2.05, 4.69) is 33.6 Å². The third-order valence-corrected chi connectivity index (χ3v) is 4.78. The fourth-order valence-corrected chi connectivity index (χ4v) is 3.51. The number of nitrogens with zero attached hydrogens (tertiary/aromatic N) is 3. The number of fused-ring (bicyclic) bond motifs is 1. The minimum atomic E-state index is -0.0856. The molecule has 0 spiro atoms. The molecule has 1 aliphatic heterocycles. The molecule has 106 valence electrons. The molecule has 0 saturated carbocycles. The van der Waals surface area contributed by atoms with E-state index in [0.717, 1.165) is 18.8 Å². The number of rotatable bonds is 2. The van der Waals surface area contributed by atoms with Crippen molar-refractivity contribution in [1.29, 1.82) is 0 Å². The highest BCUT2D eigenvalue weighted by atomic mass is 32.1. The smallest absolute Gasteiger partial charge is 0.294 e. The van der Waals surface area contributed by atoms with Crippen molar-refractivity contribution in [1.82, 2.24) is 20.1 Å². The third kappa shape index (κ3) is 2.14. The maximum absolute atomic E-state index is 12.6. The average Bonchev–Trinajstić information content (AvgIpc) is 3.08.